The quantitative estimate of drug-likeness (QED) is 0.518. The third-order valence-corrected chi connectivity index (χ3v) is 5.45. The number of amides is 1. The molecule has 4 nitrogen and oxygen atoms in total. The summed E-state index contributed by atoms with van der Waals surface area (Å²) in [5.74, 6) is 1.30. The van der Waals surface area contributed by atoms with Crippen molar-refractivity contribution in [1.82, 2.24) is 14.9 Å². The molecule has 3 rings (SSSR count). The standard InChI is InChI=1S/C19H27N3OS/c1-2-3-4-7-12-22-17-9-6-5-8-16(17)21-19(22)24-14-18(23)20-13-15-10-11-15/h5-6,8-9,15H,2-4,7,10-14H2,1H3,(H,20,23). The zero-order chi connectivity index (χ0) is 16.8. The van der Waals surface area contributed by atoms with Crippen LogP contribution < -0.4 is 5.32 Å². The fourth-order valence-electron chi connectivity index (χ4n) is 2.84. The normalized spacial score (nSPS) is 14.2. The predicted octanol–water partition coefficient (Wildman–Crippen LogP) is 4.23. The van der Waals surface area contributed by atoms with Crippen molar-refractivity contribution in [2.75, 3.05) is 12.3 Å². The number of aromatic nitrogens is 2. The number of nitrogens with zero attached hydrogens (tertiary/aromatic N) is 2. The number of aryl methyl sites for hydroxylation is 1. The maximum Gasteiger partial charge on any atom is 0.230 e. The van der Waals surface area contributed by atoms with Crippen LogP contribution in [0.3, 0.4) is 0 Å². The smallest absolute Gasteiger partial charge is 0.230 e. The van der Waals surface area contributed by atoms with E-state index in [1.807, 2.05) is 6.07 Å². The minimum Gasteiger partial charge on any atom is -0.355 e. The van der Waals surface area contributed by atoms with Gasteiger partial charge in [0.25, 0.3) is 0 Å². The van der Waals surface area contributed by atoms with Crippen LogP contribution in [-0.2, 0) is 11.3 Å². The van der Waals surface area contributed by atoms with Gasteiger partial charge in [0.1, 0.15) is 0 Å². The number of hydrogen-bond donors (Lipinski definition) is 1. The van der Waals surface area contributed by atoms with E-state index in [-0.39, 0.29) is 5.91 Å². The number of carbonyl (C=O) groups excluding carboxylic acids is 1. The third-order valence-electron chi connectivity index (χ3n) is 4.47. The molecule has 1 N–H and O–H groups in total. The van der Waals surface area contributed by atoms with E-state index in [2.05, 4.69) is 35.0 Å². The number of rotatable bonds is 10. The average Bonchev–Trinajstić information content (AvgIpc) is 3.36. The topological polar surface area (TPSA) is 46.9 Å². The van der Waals surface area contributed by atoms with Gasteiger partial charge in [-0.3, -0.25) is 4.79 Å². The highest BCUT2D eigenvalue weighted by atomic mass is 32.2. The molecule has 1 aromatic heterocycles. The highest BCUT2D eigenvalue weighted by Gasteiger charge is 2.21. The first-order valence-corrected chi connectivity index (χ1v) is 10.1. The van der Waals surface area contributed by atoms with E-state index >= 15 is 0 Å². The first-order valence-electron chi connectivity index (χ1n) is 9.12. The van der Waals surface area contributed by atoms with Crippen molar-refractivity contribution in [1.29, 1.82) is 0 Å². The van der Waals surface area contributed by atoms with E-state index in [1.54, 1.807) is 11.8 Å². The first kappa shape index (κ1) is 17.3. The lowest BCUT2D eigenvalue weighted by Gasteiger charge is -2.09. The number of thioether (sulfide) groups is 1. The minimum absolute atomic E-state index is 0.122. The molecule has 0 radical (unpaired) electrons. The number of fused-ring (bicyclic) bond motifs is 1. The second-order valence-corrected chi connectivity index (χ2v) is 7.57. The molecule has 24 heavy (non-hydrogen) atoms. The third kappa shape index (κ3) is 4.76. The van der Waals surface area contributed by atoms with Gasteiger partial charge in [0, 0.05) is 13.1 Å². The molecule has 0 atom stereocenters. The Balaban J connectivity index is 1.62. The van der Waals surface area contributed by atoms with Gasteiger partial charge in [0.05, 0.1) is 16.8 Å². The van der Waals surface area contributed by atoms with E-state index in [9.17, 15) is 4.79 Å². The number of para-hydroxylation sites is 2. The predicted molar refractivity (Wildman–Crippen MR) is 100 cm³/mol. The van der Waals surface area contributed by atoms with Gasteiger partial charge in [-0.05, 0) is 37.3 Å². The lowest BCUT2D eigenvalue weighted by molar-refractivity contribution is -0.118. The van der Waals surface area contributed by atoms with Crippen molar-refractivity contribution in [3.8, 4) is 0 Å². The molecule has 1 fully saturated rings. The number of benzene rings is 1. The van der Waals surface area contributed by atoms with Crippen LogP contribution in [0.1, 0.15) is 45.4 Å². The maximum absolute atomic E-state index is 12.0. The van der Waals surface area contributed by atoms with Gasteiger partial charge in [-0.15, -0.1) is 0 Å². The summed E-state index contributed by atoms with van der Waals surface area (Å²) >= 11 is 1.56. The molecule has 0 spiro atoms. The summed E-state index contributed by atoms with van der Waals surface area (Å²) in [7, 11) is 0. The van der Waals surface area contributed by atoms with Crippen molar-refractivity contribution in [3.63, 3.8) is 0 Å². The molecule has 1 saturated carbocycles. The van der Waals surface area contributed by atoms with E-state index in [4.69, 9.17) is 4.98 Å². The van der Waals surface area contributed by atoms with Crippen LogP contribution in [0.25, 0.3) is 11.0 Å². The monoisotopic (exact) mass is 345 g/mol. The fraction of sp³-hybridized carbons (Fsp3) is 0.579. The van der Waals surface area contributed by atoms with Crippen molar-refractivity contribution in [2.45, 2.75) is 57.1 Å². The van der Waals surface area contributed by atoms with Crippen molar-refractivity contribution < 1.29 is 4.79 Å². The van der Waals surface area contributed by atoms with Crippen LogP contribution in [-0.4, -0.2) is 27.8 Å². The molecule has 0 unspecified atom stereocenters. The summed E-state index contributed by atoms with van der Waals surface area (Å²) in [5.41, 5.74) is 2.20. The molecular formula is C19H27N3OS. The van der Waals surface area contributed by atoms with Gasteiger partial charge in [0.2, 0.25) is 5.91 Å². The average molecular weight is 346 g/mol. The van der Waals surface area contributed by atoms with Crippen LogP contribution in [0, 0.1) is 5.92 Å². The molecule has 1 aromatic carbocycles. The lowest BCUT2D eigenvalue weighted by Crippen LogP contribution is -2.27. The van der Waals surface area contributed by atoms with E-state index in [0.29, 0.717) is 5.75 Å². The van der Waals surface area contributed by atoms with Gasteiger partial charge in [-0.1, -0.05) is 50.1 Å². The van der Waals surface area contributed by atoms with Crippen LogP contribution in [0.5, 0.6) is 0 Å². The van der Waals surface area contributed by atoms with Crippen LogP contribution in [0.4, 0.5) is 0 Å². The summed E-state index contributed by atoms with van der Waals surface area (Å²) in [6.07, 6.45) is 7.46. The van der Waals surface area contributed by atoms with E-state index in [1.165, 1.54) is 37.6 Å². The summed E-state index contributed by atoms with van der Waals surface area (Å²) in [4.78, 5) is 16.7. The number of nitrogens with one attached hydrogen (secondary N) is 1. The molecule has 5 heteroatoms. The second-order valence-electron chi connectivity index (χ2n) is 6.63. The summed E-state index contributed by atoms with van der Waals surface area (Å²) < 4.78 is 2.28. The van der Waals surface area contributed by atoms with Crippen molar-refractivity contribution >= 4 is 28.7 Å². The Labute approximate surface area is 148 Å². The van der Waals surface area contributed by atoms with E-state index < -0.39 is 0 Å². The Bertz CT molecular complexity index is 678. The molecular weight excluding hydrogens is 318 g/mol. The number of unbranched alkanes of at least 4 members (excludes halogenated alkanes) is 3. The first-order chi connectivity index (χ1) is 11.8. The molecule has 0 bridgehead atoms. The number of carbonyl (C=O) groups is 1. The zero-order valence-electron chi connectivity index (χ0n) is 14.5. The summed E-state index contributed by atoms with van der Waals surface area (Å²) in [6, 6.07) is 8.26. The van der Waals surface area contributed by atoms with Gasteiger partial charge < -0.3 is 9.88 Å². The molecule has 130 valence electrons. The molecule has 0 aliphatic heterocycles. The van der Waals surface area contributed by atoms with Gasteiger partial charge >= 0.3 is 0 Å². The molecule has 1 heterocycles. The lowest BCUT2D eigenvalue weighted by atomic mass is 10.2. The SMILES string of the molecule is CCCCCCn1c(SCC(=O)NCC2CC2)nc2ccccc21. The Morgan fingerprint density at radius 2 is 2.12 bits per heavy atom. The molecule has 1 amide bonds. The Hall–Kier alpha value is -1.49. The molecule has 1 aliphatic rings. The Morgan fingerprint density at radius 3 is 2.92 bits per heavy atom. The number of imidazole rings is 1. The minimum atomic E-state index is 0.122. The summed E-state index contributed by atoms with van der Waals surface area (Å²) in [6.45, 7) is 4.05. The molecule has 0 saturated heterocycles. The summed E-state index contributed by atoms with van der Waals surface area (Å²) in [5, 5.41) is 4.00. The van der Waals surface area contributed by atoms with Crippen molar-refractivity contribution in [3.05, 3.63) is 24.3 Å². The molecule has 1 aliphatic carbocycles. The van der Waals surface area contributed by atoms with Gasteiger partial charge in [-0.25, -0.2) is 4.98 Å². The Morgan fingerprint density at radius 1 is 1.29 bits per heavy atom. The number of hydrogen-bond acceptors (Lipinski definition) is 3. The van der Waals surface area contributed by atoms with Crippen LogP contribution in [0.15, 0.2) is 29.4 Å². The van der Waals surface area contributed by atoms with Crippen LogP contribution in [0.2, 0.25) is 0 Å². The Kier molecular flexibility index (Phi) is 6.18. The van der Waals surface area contributed by atoms with Gasteiger partial charge in [-0.2, -0.15) is 0 Å². The zero-order valence-corrected chi connectivity index (χ0v) is 15.3. The van der Waals surface area contributed by atoms with Gasteiger partial charge in [0.15, 0.2) is 5.16 Å². The van der Waals surface area contributed by atoms with Crippen molar-refractivity contribution in [2.24, 2.45) is 5.92 Å². The second kappa shape index (κ2) is 8.56. The van der Waals surface area contributed by atoms with Crippen LogP contribution >= 0.6 is 11.8 Å². The highest BCUT2D eigenvalue weighted by Crippen LogP contribution is 2.28. The fourth-order valence-corrected chi connectivity index (χ4v) is 3.71. The van der Waals surface area contributed by atoms with E-state index in [0.717, 1.165) is 36.1 Å². The molecule has 2 aromatic rings. The highest BCUT2D eigenvalue weighted by molar-refractivity contribution is 7.99. The maximum atomic E-state index is 12.0. The largest absolute Gasteiger partial charge is 0.355 e.